The van der Waals surface area contributed by atoms with Gasteiger partial charge in [0.2, 0.25) is 0 Å². The van der Waals surface area contributed by atoms with E-state index in [-0.39, 0.29) is 5.91 Å². The standard InChI is InChI=1S/C13H19N5O/c1-10-9-11(2)18(15-10)7-4-6-14-13(19)12-5-8-17(3)16-12/h5,8-9H,4,6-7H2,1-3H3,(H,14,19). The first kappa shape index (κ1) is 13.3. The molecule has 0 bridgehead atoms. The van der Waals surface area contributed by atoms with Crippen LogP contribution in [0.25, 0.3) is 0 Å². The number of nitrogens with zero attached hydrogens (tertiary/aromatic N) is 4. The maximum absolute atomic E-state index is 11.7. The molecule has 0 fully saturated rings. The Labute approximate surface area is 112 Å². The lowest BCUT2D eigenvalue weighted by Crippen LogP contribution is -2.26. The highest BCUT2D eigenvalue weighted by Gasteiger charge is 2.07. The molecule has 0 saturated heterocycles. The van der Waals surface area contributed by atoms with E-state index in [1.807, 2.05) is 24.6 Å². The van der Waals surface area contributed by atoms with Gasteiger partial charge in [0.15, 0.2) is 0 Å². The molecule has 0 aromatic carbocycles. The van der Waals surface area contributed by atoms with Gasteiger partial charge in [0.1, 0.15) is 5.69 Å². The van der Waals surface area contributed by atoms with E-state index in [9.17, 15) is 4.79 Å². The summed E-state index contributed by atoms with van der Waals surface area (Å²) in [6, 6.07) is 3.75. The molecule has 0 aliphatic heterocycles. The normalized spacial score (nSPS) is 10.7. The van der Waals surface area contributed by atoms with Gasteiger partial charge in [0.05, 0.1) is 5.69 Å². The summed E-state index contributed by atoms with van der Waals surface area (Å²) in [5.41, 5.74) is 2.62. The molecule has 0 aliphatic carbocycles. The Morgan fingerprint density at radius 1 is 1.37 bits per heavy atom. The van der Waals surface area contributed by atoms with Crippen molar-refractivity contribution < 1.29 is 4.79 Å². The van der Waals surface area contributed by atoms with Crippen molar-refractivity contribution in [2.75, 3.05) is 6.54 Å². The molecule has 1 N–H and O–H groups in total. The first-order chi connectivity index (χ1) is 9.06. The molecule has 2 heterocycles. The molecule has 0 saturated carbocycles. The van der Waals surface area contributed by atoms with Crippen molar-refractivity contribution in [3.05, 3.63) is 35.4 Å². The molecular weight excluding hydrogens is 242 g/mol. The fourth-order valence-corrected chi connectivity index (χ4v) is 1.96. The van der Waals surface area contributed by atoms with Gasteiger partial charge in [0, 0.05) is 32.0 Å². The van der Waals surface area contributed by atoms with Crippen molar-refractivity contribution in [2.45, 2.75) is 26.8 Å². The summed E-state index contributed by atoms with van der Waals surface area (Å²) in [5, 5.41) is 11.3. The van der Waals surface area contributed by atoms with Crippen LogP contribution >= 0.6 is 0 Å². The Hall–Kier alpha value is -2.11. The van der Waals surface area contributed by atoms with Crippen molar-refractivity contribution in [1.29, 1.82) is 0 Å². The monoisotopic (exact) mass is 261 g/mol. The van der Waals surface area contributed by atoms with Gasteiger partial charge in [-0.3, -0.25) is 14.2 Å². The number of nitrogens with one attached hydrogen (secondary N) is 1. The van der Waals surface area contributed by atoms with Crippen LogP contribution in [0, 0.1) is 13.8 Å². The molecule has 1 amide bonds. The van der Waals surface area contributed by atoms with Crippen molar-refractivity contribution >= 4 is 5.91 Å². The quantitative estimate of drug-likeness (QED) is 0.818. The Balaban J connectivity index is 1.75. The molecule has 0 unspecified atom stereocenters. The molecule has 6 heteroatoms. The van der Waals surface area contributed by atoms with Crippen molar-refractivity contribution in [1.82, 2.24) is 24.9 Å². The van der Waals surface area contributed by atoms with Gasteiger partial charge in [-0.1, -0.05) is 0 Å². The second kappa shape index (κ2) is 5.69. The van der Waals surface area contributed by atoms with Crippen LogP contribution < -0.4 is 5.32 Å². The molecule has 2 rings (SSSR count). The summed E-state index contributed by atoms with van der Waals surface area (Å²) < 4.78 is 3.58. The average Bonchev–Trinajstić information content (AvgIpc) is 2.91. The fourth-order valence-electron chi connectivity index (χ4n) is 1.96. The van der Waals surface area contributed by atoms with Crippen LogP contribution in [0.2, 0.25) is 0 Å². The molecule has 0 spiro atoms. The lowest BCUT2D eigenvalue weighted by atomic mass is 10.3. The predicted octanol–water partition coefficient (Wildman–Crippen LogP) is 1.05. The second-order valence-corrected chi connectivity index (χ2v) is 4.63. The van der Waals surface area contributed by atoms with Gasteiger partial charge in [-0.2, -0.15) is 10.2 Å². The number of aryl methyl sites for hydroxylation is 4. The van der Waals surface area contributed by atoms with Gasteiger partial charge >= 0.3 is 0 Å². The minimum absolute atomic E-state index is 0.131. The Morgan fingerprint density at radius 2 is 2.16 bits per heavy atom. The number of hydrogen-bond acceptors (Lipinski definition) is 3. The first-order valence-electron chi connectivity index (χ1n) is 6.35. The third-order valence-electron chi connectivity index (χ3n) is 2.88. The number of carbonyl (C=O) groups excluding carboxylic acids is 1. The molecule has 0 radical (unpaired) electrons. The lowest BCUT2D eigenvalue weighted by Gasteiger charge is -2.05. The van der Waals surface area contributed by atoms with E-state index in [1.165, 1.54) is 0 Å². The zero-order chi connectivity index (χ0) is 13.8. The van der Waals surface area contributed by atoms with Crippen LogP contribution in [-0.4, -0.2) is 32.0 Å². The van der Waals surface area contributed by atoms with Gasteiger partial charge < -0.3 is 5.32 Å². The second-order valence-electron chi connectivity index (χ2n) is 4.63. The number of aromatic nitrogens is 4. The summed E-state index contributed by atoms with van der Waals surface area (Å²) in [6.07, 6.45) is 2.60. The summed E-state index contributed by atoms with van der Waals surface area (Å²) in [4.78, 5) is 11.7. The van der Waals surface area contributed by atoms with Gasteiger partial charge in [-0.25, -0.2) is 0 Å². The molecule has 2 aromatic rings. The molecule has 0 aliphatic rings. The Bertz CT molecular complexity index is 569. The minimum atomic E-state index is -0.131. The predicted molar refractivity (Wildman–Crippen MR) is 71.9 cm³/mol. The van der Waals surface area contributed by atoms with Gasteiger partial charge in [-0.15, -0.1) is 0 Å². The van der Waals surface area contributed by atoms with Crippen LogP contribution in [0.1, 0.15) is 28.3 Å². The molecule has 19 heavy (non-hydrogen) atoms. The molecule has 6 nitrogen and oxygen atoms in total. The smallest absolute Gasteiger partial charge is 0.271 e. The largest absolute Gasteiger partial charge is 0.351 e. The average molecular weight is 261 g/mol. The third kappa shape index (κ3) is 3.43. The van der Waals surface area contributed by atoms with Crippen molar-refractivity contribution in [3.63, 3.8) is 0 Å². The maximum Gasteiger partial charge on any atom is 0.271 e. The van der Waals surface area contributed by atoms with E-state index < -0.39 is 0 Å². The lowest BCUT2D eigenvalue weighted by molar-refractivity contribution is 0.0947. The fraction of sp³-hybridized carbons (Fsp3) is 0.462. The van der Waals surface area contributed by atoms with Crippen LogP contribution in [-0.2, 0) is 13.6 Å². The first-order valence-corrected chi connectivity index (χ1v) is 6.35. The summed E-state index contributed by atoms with van der Waals surface area (Å²) in [6.45, 7) is 5.44. The summed E-state index contributed by atoms with van der Waals surface area (Å²) in [7, 11) is 1.79. The zero-order valence-corrected chi connectivity index (χ0v) is 11.6. The number of rotatable bonds is 5. The number of carbonyl (C=O) groups is 1. The molecular formula is C13H19N5O. The summed E-state index contributed by atoms with van der Waals surface area (Å²) in [5.74, 6) is -0.131. The van der Waals surface area contributed by atoms with Crippen LogP contribution in [0.3, 0.4) is 0 Å². The highest BCUT2D eigenvalue weighted by molar-refractivity contribution is 5.92. The van der Waals surface area contributed by atoms with Gasteiger partial charge in [0.25, 0.3) is 5.91 Å². The molecule has 102 valence electrons. The number of hydrogen-bond donors (Lipinski definition) is 1. The van der Waals surface area contributed by atoms with E-state index in [4.69, 9.17) is 0 Å². The number of amides is 1. The highest BCUT2D eigenvalue weighted by atomic mass is 16.1. The van der Waals surface area contributed by atoms with Crippen LogP contribution in [0.5, 0.6) is 0 Å². The SMILES string of the molecule is Cc1cc(C)n(CCCNC(=O)c2ccn(C)n2)n1. The van der Waals surface area contributed by atoms with E-state index in [1.54, 1.807) is 24.0 Å². The van der Waals surface area contributed by atoms with E-state index in [2.05, 4.69) is 15.5 Å². The maximum atomic E-state index is 11.7. The Kier molecular flexibility index (Phi) is 3.99. The van der Waals surface area contributed by atoms with E-state index in [0.29, 0.717) is 12.2 Å². The van der Waals surface area contributed by atoms with E-state index in [0.717, 1.165) is 24.4 Å². The van der Waals surface area contributed by atoms with Crippen molar-refractivity contribution in [2.24, 2.45) is 7.05 Å². The third-order valence-corrected chi connectivity index (χ3v) is 2.88. The summed E-state index contributed by atoms with van der Waals surface area (Å²) >= 11 is 0. The van der Waals surface area contributed by atoms with Crippen LogP contribution in [0.4, 0.5) is 0 Å². The Morgan fingerprint density at radius 3 is 2.74 bits per heavy atom. The highest BCUT2D eigenvalue weighted by Crippen LogP contribution is 2.02. The molecule has 0 atom stereocenters. The minimum Gasteiger partial charge on any atom is -0.351 e. The van der Waals surface area contributed by atoms with Gasteiger partial charge in [-0.05, 0) is 32.4 Å². The molecule has 2 aromatic heterocycles. The zero-order valence-electron chi connectivity index (χ0n) is 11.6. The topological polar surface area (TPSA) is 64.7 Å². The van der Waals surface area contributed by atoms with Crippen molar-refractivity contribution in [3.8, 4) is 0 Å². The van der Waals surface area contributed by atoms with E-state index >= 15 is 0 Å². The van der Waals surface area contributed by atoms with Crippen LogP contribution in [0.15, 0.2) is 18.3 Å².